The maximum absolute atomic E-state index is 11.5. The lowest BCUT2D eigenvalue weighted by atomic mass is 10.3. The molecule has 6 heteroatoms. The Bertz CT molecular complexity index is 397. The van der Waals surface area contributed by atoms with Crippen molar-refractivity contribution in [3.8, 4) is 6.07 Å². The summed E-state index contributed by atoms with van der Waals surface area (Å²) in [4.78, 5) is 11.5. The fourth-order valence-electron chi connectivity index (χ4n) is 0.943. The van der Waals surface area contributed by atoms with Gasteiger partial charge in [-0.3, -0.25) is 4.79 Å². The summed E-state index contributed by atoms with van der Waals surface area (Å²) in [5, 5.41) is 14.1. The first-order valence-corrected chi connectivity index (χ1v) is 6.69. The lowest BCUT2D eigenvalue weighted by Gasteiger charge is -2.07. The molecular weight excluding hydrogens is 242 g/mol. The van der Waals surface area contributed by atoms with Gasteiger partial charge in [0.25, 0.3) is 0 Å². The van der Waals surface area contributed by atoms with Crippen LogP contribution in [0.5, 0.6) is 0 Å². The van der Waals surface area contributed by atoms with Gasteiger partial charge in [0.2, 0.25) is 5.91 Å². The van der Waals surface area contributed by atoms with Gasteiger partial charge in [0.1, 0.15) is 11.1 Å². The van der Waals surface area contributed by atoms with Gasteiger partial charge in [-0.15, -0.1) is 23.1 Å². The minimum absolute atomic E-state index is 0.0933. The standard InChI is InChI=1S/C10H13N3OS2/c1-7(4-11)16-6-9(14)13-10-8(5-12)2-3-15-10/h2-3,7H,4,6,11H2,1H3,(H,13,14). The molecule has 0 fully saturated rings. The Morgan fingerprint density at radius 3 is 3.19 bits per heavy atom. The Kier molecular flexibility index (Phi) is 5.32. The molecule has 0 aliphatic heterocycles. The Hall–Kier alpha value is -1.03. The number of carbonyl (C=O) groups is 1. The molecule has 1 atom stereocenters. The molecule has 1 rings (SSSR count). The lowest BCUT2D eigenvalue weighted by molar-refractivity contribution is -0.113. The molecule has 1 aromatic rings. The predicted octanol–water partition coefficient (Wildman–Crippen LogP) is 1.64. The third-order valence-electron chi connectivity index (χ3n) is 1.87. The predicted molar refractivity (Wildman–Crippen MR) is 68.6 cm³/mol. The van der Waals surface area contributed by atoms with Crippen molar-refractivity contribution >= 4 is 34.0 Å². The molecule has 1 unspecified atom stereocenters. The van der Waals surface area contributed by atoms with E-state index >= 15 is 0 Å². The summed E-state index contributed by atoms with van der Waals surface area (Å²) >= 11 is 2.86. The highest BCUT2D eigenvalue weighted by molar-refractivity contribution is 8.00. The molecule has 0 aromatic carbocycles. The van der Waals surface area contributed by atoms with Crippen molar-refractivity contribution in [2.24, 2.45) is 5.73 Å². The molecule has 0 bridgehead atoms. The number of nitriles is 1. The van der Waals surface area contributed by atoms with Gasteiger partial charge < -0.3 is 11.1 Å². The van der Waals surface area contributed by atoms with Crippen LogP contribution in [-0.2, 0) is 4.79 Å². The monoisotopic (exact) mass is 255 g/mol. The third kappa shape index (κ3) is 3.85. The first-order valence-electron chi connectivity index (χ1n) is 4.76. The molecule has 1 aromatic heterocycles. The highest BCUT2D eigenvalue weighted by atomic mass is 32.2. The smallest absolute Gasteiger partial charge is 0.235 e. The van der Waals surface area contributed by atoms with Gasteiger partial charge in [-0.1, -0.05) is 6.92 Å². The van der Waals surface area contributed by atoms with E-state index in [1.807, 2.05) is 13.0 Å². The molecule has 4 nitrogen and oxygen atoms in total. The second-order valence-electron chi connectivity index (χ2n) is 3.18. The van der Waals surface area contributed by atoms with Gasteiger partial charge in [0.05, 0.1) is 11.3 Å². The van der Waals surface area contributed by atoms with Gasteiger partial charge in [0, 0.05) is 11.8 Å². The van der Waals surface area contributed by atoms with Gasteiger partial charge >= 0.3 is 0 Å². The fraction of sp³-hybridized carbons (Fsp3) is 0.400. The number of hydrogen-bond acceptors (Lipinski definition) is 5. The van der Waals surface area contributed by atoms with Crippen LogP contribution in [-0.4, -0.2) is 23.5 Å². The van der Waals surface area contributed by atoms with E-state index in [1.165, 1.54) is 23.1 Å². The third-order valence-corrected chi connectivity index (χ3v) is 3.89. The minimum Gasteiger partial charge on any atom is -0.329 e. The van der Waals surface area contributed by atoms with Crippen LogP contribution < -0.4 is 11.1 Å². The van der Waals surface area contributed by atoms with Crippen molar-refractivity contribution < 1.29 is 4.79 Å². The summed E-state index contributed by atoms with van der Waals surface area (Å²) in [7, 11) is 0. The highest BCUT2D eigenvalue weighted by Gasteiger charge is 2.09. The van der Waals surface area contributed by atoms with Crippen LogP contribution in [0.1, 0.15) is 12.5 Å². The summed E-state index contributed by atoms with van der Waals surface area (Å²) in [6.45, 7) is 2.53. The zero-order valence-electron chi connectivity index (χ0n) is 8.90. The van der Waals surface area contributed by atoms with Crippen molar-refractivity contribution in [1.29, 1.82) is 5.26 Å². The van der Waals surface area contributed by atoms with Crippen molar-refractivity contribution in [2.45, 2.75) is 12.2 Å². The molecule has 0 saturated carbocycles. The zero-order valence-corrected chi connectivity index (χ0v) is 10.5. The highest BCUT2D eigenvalue weighted by Crippen LogP contribution is 2.22. The second kappa shape index (κ2) is 6.53. The Morgan fingerprint density at radius 2 is 2.56 bits per heavy atom. The number of hydrogen-bond donors (Lipinski definition) is 2. The van der Waals surface area contributed by atoms with Crippen molar-refractivity contribution in [3.05, 3.63) is 17.0 Å². The van der Waals surface area contributed by atoms with E-state index < -0.39 is 0 Å². The van der Waals surface area contributed by atoms with Gasteiger partial charge in [0.15, 0.2) is 0 Å². The van der Waals surface area contributed by atoms with Crippen LogP contribution in [0.25, 0.3) is 0 Å². The normalized spacial score (nSPS) is 11.8. The van der Waals surface area contributed by atoms with E-state index in [0.717, 1.165) is 0 Å². The number of nitrogens with zero attached hydrogens (tertiary/aromatic N) is 1. The van der Waals surface area contributed by atoms with Gasteiger partial charge in [-0.2, -0.15) is 5.26 Å². The van der Waals surface area contributed by atoms with Crippen LogP contribution >= 0.6 is 23.1 Å². The van der Waals surface area contributed by atoms with E-state index in [4.69, 9.17) is 11.0 Å². The van der Waals surface area contributed by atoms with Crippen LogP contribution in [0, 0.1) is 11.3 Å². The van der Waals surface area contributed by atoms with Crippen molar-refractivity contribution in [2.75, 3.05) is 17.6 Å². The number of nitrogens with one attached hydrogen (secondary N) is 1. The first kappa shape index (κ1) is 13.0. The fourth-order valence-corrected chi connectivity index (χ4v) is 2.34. The Morgan fingerprint density at radius 1 is 1.81 bits per heavy atom. The molecule has 0 spiro atoms. The number of nitrogens with two attached hydrogens (primary N) is 1. The van der Waals surface area contributed by atoms with E-state index in [2.05, 4.69) is 5.32 Å². The maximum atomic E-state index is 11.5. The minimum atomic E-state index is -0.0933. The molecular formula is C10H13N3OS2. The van der Waals surface area contributed by atoms with Crippen LogP contribution in [0.2, 0.25) is 0 Å². The summed E-state index contributed by atoms with van der Waals surface area (Å²) in [5.41, 5.74) is 5.96. The van der Waals surface area contributed by atoms with E-state index in [0.29, 0.717) is 22.9 Å². The molecule has 1 amide bonds. The van der Waals surface area contributed by atoms with E-state index in [1.54, 1.807) is 11.4 Å². The number of rotatable bonds is 5. The lowest BCUT2D eigenvalue weighted by Crippen LogP contribution is -2.19. The number of thioether (sulfide) groups is 1. The second-order valence-corrected chi connectivity index (χ2v) is 5.52. The van der Waals surface area contributed by atoms with E-state index in [9.17, 15) is 4.79 Å². The zero-order chi connectivity index (χ0) is 12.0. The average Bonchev–Trinajstić information content (AvgIpc) is 2.73. The quantitative estimate of drug-likeness (QED) is 0.838. The number of amides is 1. The van der Waals surface area contributed by atoms with E-state index in [-0.39, 0.29) is 11.2 Å². The van der Waals surface area contributed by atoms with Crippen molar-refractivity contribution in [1.82, 2.24) is 0 Å². The Balaban J connectivity index is 2.43. The summed E-state index contributed by atoms with van der Waals surface area (Å²) in [6.07, 6.45) is 0. The summed E-state index contributed by atoms with van der Waals surface area (Å²) in [5.74, 6) is 0.269. The molecule has 0 saturated heterocycles. The largest absolute Gasteiger partial charge is 0.329 e. The average molecular weight is 255 g/mol. The number of carbonyl (C=O) groups excluding carboxylic acids is 1. The molecule has 1 heterocycles. The SMILES string of the molecule is CC(CN)SCC(=O)Nc1sccc1C#N. The molecule has 0 radical (unpaired) electrons. The molecule has 16 heavy (non-hydrogen) atoms. The summed E-state index contributed by atoms with van der Waals surface area (Å²) < 4.78 is 0. The van der Waals surface area contributed by atoms with Crippen LogP contribution in [0.3, 0.4) is 0 Å². The Labute approximate surface area is 103 Å². The first-order chi connectivity index (χ1) is 7.67. The maximum Gasteiger partial charge on any atom is 0.235 e. The van der Waals surface area contributed by atoms with Crippen molar-refractivity contribution in [3.63, 3.8) is 0 Å². The summed E-state index contributed by atoms with van der Waals surface area (Å²) in [6, 6.07) is 3.72. The molecule has 0 aliphatic rings. The van der Waals surface area contributed by atoms with Gasteiger partial charge in [-0.25, -0.2) is 0 Å². The molecule has 0 aliphatic carbocycles. The molecule has 3 N–H and O–H groups in total. The number of anilines is 1. The topological polar surface area (TPSA) is 78.9 Å². The van der Waals surface area contributed by atoms with Crippen LogP contribution in [0.15, 0.2) is 11.4 Å². The van der Waals surface area contributed by atoms with Gasteiger partial charge in [-0.05, 0) is 11.4 Å². The molecule has 86 valence electrons. The van der Waals surface area contributed by atoms with Crippen LogP contribution in [0.4, 0.5) is 5.00 Å². The number of thiophene rings is 1.